The van der Waals surface area contributed by atoms with Gasteiger partial charge in [-0.15, -0.1) is 0 Å². The third kappa shape index (κ3) is 5.87. The zero-order chi connectivity index (χ0) is 7.98. The standard InChI is InChI=1S/C10H20/c1-5-10(4)8-6-7-9(2)3/h7,10H,5-6,8H2,1-4H3/t10-/m1/s1. The Morgan fingerprint density at radius 2 is 2.00 bits per heavy atom. The molecule has 0 heterocycles. The molecule has 0 unspecified atom stereocenters. The molecule has 0 saturated heterocycles. The topological polar surface area (TPSA) is 0 Å². The van der Waals surface area contributed by atoms with E-state index in [1.807, 2.05) is 0 Å². The number of hydrogen-bond acceptors (Lipinski definition) is 0. The van der Waals surface area contributed by atoms with Crippen LogP contribution in [0.2, 0.25) is 0 Å². The molecule has 0 saturated carbocycles. The largest absolute Gasteiger partial charge is 0.0859 e. The van der Waals surface area contributed by atoms with Gasteiger partial charge < -0.3 is 0 Å². The molecule has 0 heteroatoms. The van der Waals surface area contributed by atoms with Crippen LogP contribution < -0.4 is 0 Å². The van der Waals surface area contributed by atoms with Crippen LogP contribution in [-0.2, 0) is 0 Å². The molecular formula is C10H20. The van der Waals surface area contributed by atoms with Gasteiger partial charge in [-0.05, 0) is 32.6 Å². The Morgan fingerprint density at radius 3 is 2.40 bits per heavy atom. The van der Waals surface area contributed by atoms with Gasteiger partial charge in [-0.2, -0.15) is 0 Å². The van der Waals surface area contributed by atoms with Gasteiger partial charge in [0.15, 0.2) is 0 Å². The Morgan fingerprint density at radius 1 is 1.40 bits per heavy atom. The molecule has 0 fully saturated rings. The molecule has 0 aliphatic rings. The normalized spacial score (nSPS) is 12.8. The molecule has 0 aromatic heterocycles. The summed E-state index contributed by atoms with van der Waals surface area (Å²) in [7, 11) is 0. The maximum absolute atomic E-state index is 2.33. The first-order chi connectivity index (χ1) is 4.66. The van der Waals surface area contributed by atoms with Crippen molar-refractivity contribution in [1.82, 2.24) is 0 Å². The fraction of sp³-hybridized carbons (Fsp3) is 0.800. The van der Waals surface area contributed by atoms with E-state index in [1.165, 1.54) is 24.8 Å². The molecule has 0 aliphatic carbocycles. The zero-order valence-electron chi connectivity index (χ0n) is 7.78. The average molecular weight is 140 g/mol. The third-order valence-corrected chi connectivity index (χ3v) is 1.91. The van der Waals surface area contributed by atoms with Gasteiger partial charge in [-0.1, -0.05) is 31.9 Å². The van der Waals surface area contributed by atoms with E-state index in [0.29, 0.717) is 0 Å². The van der Waals surface area contributed by atoms with E-state index < -0.39 is 0 Å². The summed E-state index contributed by atoms with van der Waals surface area (Å²) in [5.41, 5.74) is 1.45. The van der Waals surface area contributed by atoms with Crippen LogP contribution in [0.15, 0.2) is 11.6 Å². The number of allylic oxidation sites excluding steroid dienone is 2. The van der Waals surface area contributed by atoms with Crippen molar-refractivity contribution in [2.75, 3.05) is 0 Å². The maximum Gasteiger partial charge on any atom is -0.0346 e. The van der Waals surface area contributed by atoms with E-state index in [4.69, 9.17) is 0 Å². The summed E-state index contributed by atoms with van der Waals surface area (Å²) < 4.78 is 0. The molecule has 0 aromatic rings. The molecule has 60 valence electrons. The first-order valence-electron chi connectivity index (χ1n) is 4.30. The molecule has 0 spiro atoms. The second-order valence-corrected chi connectivity index (χ2v) is 3.37. The van der Waals surface area contributed by atoms with Gasteiger partial charge in [0.1, 0.15) is 0 Å². The molecule has 0 rings (SSSR count). The summed E-state index contributed by atoms with van der Waals surface area (Å²) in [5, 5.41) is 0. The molecule has 10 heavy (non-hydrogen) atoms. The van der Waals surface area contributed by atoms with Crippen molar-refractivity contribution in [2.45, 2.75) is 47.0 Å². The summed E-state index contributed by atoms with van der Waals surface area (Å²) in [5.74, 6) is 0.899. The van der Waals surface area contributed by atoms with Crippen molar-refractivity contribution in [3.8, 4) is 0 Å². The van der Waals surface area contributed by atoms with E-state index in [1.54, 1.807) is 0 Å². The first kappa shape index (κ1) is 9.74. The summed E-state index contributed by atoms with van der Waals surface area (Å²) >= 11 is 0. The average Bonchev–Trinajstić information content (AvgIpc) is 1.87. The molecule has 0 bridgehead atoms. The molecule has 1 atom stereocenters. The van der Waals surface area contributed by atoms with Crippen molar-refractivity contribution in [3.05, 3.63) is 11.6 Å². The minimum atomic E-state index is 0.899. The fourth-order valence-electron chi connectivity index (χ4n) is 0.861. The predicted octanol–water partition coefficient (Wildman–Crippen LogP) is 3.78. The minimum Gasteiger partial charge on any atom is -0.0859 e. The number of hydrogen-bond donors (Lipinski definition) is 0. The second-order valence-electron chi connectivity index (χ2n) is 3.37. The highest BCUT2D eigenvalue weighted by atomic mass is 14.0. The summed E-state index contributed by atoms with van der Waals surface area (Å²) in [4.78, 5) is 0. The van der Waals surface area contributed by atoms with Crippen LogP contribution in [0.1, 0.15) is 47.0 Å². The van der Waals surface area contributed by atoms with Gasteiger partial charge in [-0.3, -0.25) is 0 Å². The maximum atomic E-state index is 2.33. The van der Waals surface area contributed by atoms with E-state index >= 15 is 0 Å². The van der Waals surface area contributed by atoms with Crippen molar-refractivity contribution in [2.24, 2.45) is 5.92 Å². The monoisotopic (exact) mass is 140 g/mol. The molecule has 0 aromatic carbocycles. The van der Waals surface area contributed by atoms with Crippen molar-refractivity contribution in [1.29, 1.82) is 0 Å². The van der Waals surface area contributed by atoms with Crippen molar-refractivity contribution >= 4 is 0 Å². The summed E-state index contributed by atoms with van der Waals surface area (Å²) in [6.45, 7) is 8.90. The molecular weight excluding hydrogens is 120 g/mol. The van der Waals surface area contributed by atoms with Crippen molar-refractivity contribution in [3.63, 3.8) is 0 Å². The van der Waals surface area contributed by atoms with Crippen LogP contribution in [0.4, 0.5) is 0 Å². The highest BCUT2D eigenvalue weighted by molar-refractivity contribution is 4.92. The Kier molecular flexibility index (Phi) is 5.38. The zero-order valence-corrected chi connectivity index (χ0v) is 7.78. The van der Waals surface area contributed by atoms with Crippen LogP contribution in [0.25, 0.3) is 0 Å². The molecule has 0 radical (unpaired) electrons. The van der Waals surface area contributed by atoms with Gasteiger partial charge in [0.25, 0.3) is 0 Å². The van der Waals surface area contributed by atoms with Crippen LogP contribution >= 0.6 is 0 Å². The van der Waals surface area contributed by atoms with Gasteiger partial charge in [0.05, 0.1) is 0 Å². The summed E-state index contributed by atoms with van der Waals surface area (Å²) in [6.07, 6.45) is 6.25. The predicted molar refractivity (Wildman–Crippen MR) is 48.1 cm³/mol. The Balaban J connectivity index is 3.28. The highest BCUT2D eigenvalue weighted by Crippen LogP contribution is 2.10. The second kappa shape index (κ2) is 5.52. The lowest BCUT2D eigenvalue weighted by molar-refractivity contribution is 0.521. The SMILES string of the molecule is CC[C@@H](C)CCC=C(C)C. The quantitative estimate of drug-likeness (QED) is 0.521. The Labute approximate surface area is 65.3 Å². The van der Waals surface area contributed by atoms with E-state index in [0.717, 1.165) is 5.92 Å². The minimum absolute atomic E-state index is 0.899. The molecule has 0 nitrogen and oxygen atoms in total. The highest BCUT2D eigenvalue weighted by Gasteiger charge is 1.94. The molecule has 0 aliphatic heterocycles. The third-order valence-electron chi connectivity index (χ3n) is 1.91. The lowest BCUT2D eigenvalue weighted by atomic mass is 10.0. The van der Waals surface area contributed by atoms with Crippen LogP contribution in [0, 0.1) is 5.92 Å². The molecule has 0 amide bonds. The first-order valence-corrected chi connectivity index (χ1v) is 4.30. The van der Waals surface area contributed by atoms with Crippen LogP contribution in [0.3, 0.4) is 0 Å². The van der Waals surface area contributed by atoms with Gasteiger partial charge in [0, 0.05) is 0 Å². The van der Waals surface area contributed by atoms with Crippen molar-refractivity contribution < 1.29 is 0 Å². The lowest BCUT2D eigenvalue weighted by Gasteiger charge is -2.04. The van der Waals surface area contributed by atoms with E-state index in [2.05, 4.69) is 33.8 Å². The Hall–Kier alpha value is -0.260. The van der Waals surface area contributed by atoms with E-state index in [-0.39, 0.29) is 0 Å². The van der Waals surface area contributed by atoms with Crippen LogP contribution in [0.5, 0.6) is 0 Å². The Bertz CT molecular complexity index is 96.6. The molecule has 0 N–H and O–H groups in total. The smallest absolute Gasteiger partial charge is 0.0346 e. The number of rotatable bonds is 4. The van der Waals surface area contributed by atoms with Gasteiger partial charge in [0.2, 0.25) is 0 Å². The fourth-order valence-corrected chi connectivity index (χ4v) is 0.861. The lowest BCUT2D eigenvalue weighted by Crippen LogP contribution is -1.89. The van der Waals surface area contributed by atoms with Gasteiger partial charge >= 0.3 is 0 Å². The van der Waals surface area contributed by atoms with Crippen LogP contribution in [-0.4, -0.2) is 0 Å². The van der Waals surface area contributed by atoms with Gasteiger partial charge in [-0.25, -0.2) is 0 Å². The van der Waals surface area contributed by atoms with E-state index in [9.17, 15) is 0 Å². The summed E-state index contributed by atoms with van der Waals surface area (Å²) in [6, 6.07) is 0.